The van der Waals surface area contributed by atoms with Crippen LogP contribution in [0.15, 0.2) is 30.3 Å². The molecule has 1 aliphatic heterocycles. The summed E-state index contributed by atoms with van der Waals surface area (Å²) in [4.78, 5) is 15.2. The van der Waals surface area contributed by atoms with E-state index in [1.807, 2.05) is 11.8 Å². The molecule has 26 heavy (non-hydrogen) atoms. The van der Waals surface area contributed by atoms with E-state index in [0.717, 1.165) is 32.4 Å². The number of carbonyl (C=O) groups is 1. The molecule has 3 atom stereocenters. The summed E-state index contributed by atoms with van der Waals surface area (Å²) in [6.07, 6.45) is 3.92. The van der Waals surface area contributed by atoms with Crippen molar-refractivity contribution in [3.63, 3.8) is 0 Å². The first-order chi connectivity index (χ1) is 12.2. The molecule has 2 N–H and O–H groups in total. The van der Waals surface area contributed by atoms with Crippen molar-refractivity contribution in [2.24, 2.45) is 16.6 Å². The average Bonchev–Trinajstić information content (AvgIpc) is 3.02. The molecule has 144 valence electrons. The lowest BCUT2D eigenvalue weighted by molar-refractivity contribution is -0.178. The number of aryl methyl sites for hydroxylation is 1. The van der Waals surface area contributed by atoms with Crippen LogP contribution in [0.2, 0.25) is 0 Å². The van der Waals surface area contributed by atoms with Crippen molar-refractivity contribution in [2.45, 2.75) is 65.0 Å². The number of amides is 1. The first-order valence-electron chi connectivity index (χ1n) is 9.96. The minimum atomic E-state index is -0.794. The molecule has 1 aliphatic carbocycles. The van der Waals surface area contributed by atoms with Crippen molar-refractivity contribution in [2.75, 3.05) is 19.7 Å². The molecule has 3 rings (SSSR count). The fourth-order valence-corrected chi connectivity index (χ4v) is 4.57. The highest BCUT2D eigenvalue weighted by atomic mass is 16.5. The number of hydrogen-bond acceptors (Lipinski definition) is 3. The van der Waals surface area contributed by atoms with Crippen LogP contribution in [0.25, 0.3) is 0 Å². The largest absolute Gasteiger partial charge is 0.378 e. The normalized spacial score (nSPS) is 33.1. The number of hydrogen-bond donors (Lipinski definition) is 1. The summed E-state index contributed by atoms with van der Waals surface area (Å²) < 4.78 is 5.78. The molecule has 2 fully saturated rings. The maximum atomic E-state index is 13.2. The smallest absolute Gasteiger partial charge is 0.243 e. The summed E-state index contributed by atoms with van der Waals surface area (Å²) in [6.45, 7) is 10.7. The Balaban J connectivity index is 1.60. The molecule has 0 bridgehead atoms. The number of likely N-dealkylation sites (tertiary alicyclic amines) is 1. The molecule has 0 aromatic heterocycles. The van der Waals surface area contributed by atoms with Crippen molar-refractivity contribution in [1.82, 2.24) is 4.90 Å². The van der Waals surface area contributed by atoms with Gasteiger partial charge in [-0.15, -0.1) is 0 Å². The number of rotatable bonds is 6. The maximum absolute atomic E-state index is 13.2. The zero-order valence-corrected chi connectivity index (χ0v) is 16.8. The Labute approximate surface area is 158 Å². The van der Waals surface area contributed by atoms with Crippen LogP contribution in [0.1, 0.15) is 52.5 Å². The number of benzene rings is 1. The van der Waals surface area contributed by atoms with Crippen LogP contribution in [0.3, 0.4) is 0 Å². The van der Waals surface area contributed by atoms with Crippen LogP contribution < -0.4 is 5.73 Å². The van der Waals surface area contributed by atoms with Crippen molar-refractivity contribution in [3.8, 4) is 0 Å². The fourth-order valence-electron chi connectivity index (χ4n) is 4.57. The van der Waals surface area contributed by atoms with Gasteiger partial charge in [-0.1, -0.05) is 51.1 Å². The van der Waals surface area contributed by atoms with Gasteiger partial charge in [-0.2, -0.15) is 0 Å². The molecule has 4 nitrogen and oxygen atoms in total. The number of carbonyl (C=O) groups excluding carboxylic acids is 1. The topological polar surface area (TPSA) is 55.6 Å². The van der Waals surface area contributed by atoms with E-state index < -0.39 is 5.54 Å². The quantitative estimate of drug-likeness (QED) is 0.848. The Morgan fingerprint density at radius 1 is 1.27 bits per heavy atom. The molecule has 1 aromatic carbocycles. The summed E-state index contributed by atoms with van der Waals surface area (Å²) in [7, 11) is 0. The third kappa shape index (κ3) is 3.29. The van der Waals surface area contributed by atoms with Gasteiger partial charge < -0.3 is 15.4 Å². The van der Waals surface area contributed by atoms with Gasteiger partial charge in [0.2, 0.25) is 5.91 Å². The average molecular weight is 359 g/mol. The molecule has 1 amide bonds. The highest BCUT2D eigenvalue weighted by molar-refractivity contribution is 5.89. The molecule has 0 spiro atoms. The zero-order chi connectivity index (χ0) is 19.0. The number of ether oxygens (including phenoxy) is 1. The van der Waals surface area contributed by atoms with Crippen molar-refractivity contribution >= 4 is 5.91 Å². The molecular formula is C22H34N2O2. The second kappa shape index (κ2) is 6.97. The molecule has 0 radical (unpaired) electrons. The third-order valence-corrected chi connectivity index (χ3v) is 6.92. The molecule has 1 saturated heterocycles. The SMILES string of the molecule is CCOC1CC(N)(C(=O)N2CCC(C)(CCc3ccccc3)C2)C1(C)C. The first kappa shape index (κ1) is 19.4. The standard InChI is InChI=1S/C22H34N2O2/c1-5-26-18-15-22(23,20(18,2)3)19(25)24-14-13-21(4,16-24)12-11-17-9-7-6-8-10-17/h6-10,18H,5,11-16,23H2,1-4H3. The van der Waals surface area contributed by atoms with Gasteiger partial charge in [-0.3, -0.25) is 4.79 Å². The lowest BCUT2D eigenvalue weighted by Gasteiger charge is -2.58. The number of nitrogens with two attached hydrogens (primary N) is 1. The Hall–Kier alpha value is -1.39. The highest BCUT2D eigenvalue weighted by Gasteiger charge is 2.64. The Morgan fingerprint density at radius 3 is 2.58 bits per heavy atom. The van der Waals surface area contributed by atoms with Gasteiger partial charge in [0, 0.05) is 31.5 Å². The summed E-state index contributed by atoms with van der Waals surface area (Å²) in [6, 6.07) is 10.6. The van der Waals surface area contributed by atoms with E-state index in [-0.39, 0.29) is 22.8 Å². The van der Waals surface area contributed by atoms with E-state index in [0.29, 0.717) is 13.0 Å². The molecule has 1 aromatic rings. The van der Waals surface area contributed by atoms with Crippen molar-refractivity contribution in [3.05, 3.63) is 35.9 Å². The van der Waals surface area contributed by atoms with Crippen LogP contribution >= 0.6 is 0 Å². The van der Waals surface area contributed by atoms with Crippen molar-refractivity contribution in [1.29, 1.82) is 0 Å². The lowest BCUT2D eigenvalue weighted by atomic mass is 9.54. The van der Waals surface area contributed by atoms with Crippen LogP contribution in [-0.2, 0) is 16.0 Å². The lowest BCUT2D eigenvalue weighted by Crippen LogP contribution is -2.76. The van der Waals surface area contributed by atoms with Gasteiger partial charge in [0.15, 0.2) is 0 Å². The summed E-state index contributed by atoms with van der Waals surface area (Å²) in [5.74, 6) is 0.113. The van der Waals surface area contributed by atoms with E-state index in [4.69, 9.17) is 10.5 Å². The van der Waals surface area contributed by atoms with E-state index in [1.165, 1.54) is 5.56 Å². The summed E-state index contributed by atoms with van der Waals surface area (Å²) in [5.41, 5.74) is 7.04. The van der Waals surface area contributed by atoms with Crippen LogP contribution in [0.5, 0.6) is 0 Å². The van der Waals surface area contributed by atoms with Gasteiger partial charge in [0.25, 0.3) is 0 Å². The Morgan fingerprint density at radius 2 is 1.96 bits per heavy atom. The van der Waals surface area contributed by atoms with Crippen LogP contribution in [-0.4, -0.2) is 42.1 Å². The van der Waals surface area contributed by atoms with E-state index >= 15 is 0 Å². The van der Waals surface area contributed by atoms with Gasteiger partial charge in [0.05, 0.1) is 6.10 Å². The van der Waals surface area contributed by atoms with Gasteiger partial charge in [-0.25, -0.2) is 0 Å². The maximum Gasteiger partial charge on any atom is 0.243 e. The van der Waals surface area contributed by atoms with E-state index in [1.54, 1.807) is 0 Å². The van der Waals surface area contributed by atoms with E-state index in [2.05, 4.69) is 51.1 Å². The minimum absolute atomic E-state index is 0.0773. The van der Waals surface area contributed by atoms with Gasteiger partial charge >= 0.3 is 0 Å². The first-order valence-corrected chi connectivity index (χ1v) is 9.96. The summed E-state index contributed by atoms with van der Waals surface area (Å²) >= 11 is 0. The van der Waals surface area contributed by atoms with Crippen LogP contribution in [0.4, 0.5) is 0 Å². The summed E-state index contributed by atoms with van der Waals surface area (Å²) in [5, 5.41) is 0. The van der Waals surface area contributed by atoms with E-state index in [9.17, 15) is 4.79 Å². The Bertz CT molecular complexity index is 645. The van der Waals surface area contributed by atoms with Gasteiger partial charge in [0.1, 0.15) is 5.54 Å². The Kier molecular flexibility index (Phi) is 5.19. The van der Waals surface area contributed by atoms with Crippen molar-refractivity contribution < 1.29 is 9.53 Å². The second-order valence-corrected chi connectivity index (χ2v) is 9.11. The molecule has 1 saturated carbocycles. The molecule has 4 heteroatoms. The third-order valence-electron chi connectivity index (χ3n) is 6.92. The molecule has 2 aliphatic rings. The highest BCUT2D eigenvalue weighted by Crippen LogP contribution is 2.51. The predicted molar refractivity (Wildman–Crippen MR) is 105 cm³/mol. The minimum Gasteiger partial charge on any atom is -0.378 e. The molecule has 1 heterocycles. The molecule has 3 unspecified atom stereocenters. The monoisotopic (exact) mass is 358 g/mol. The second-order valence-electron chi connectivity index (χ2n) is 9.11. The molecular weight excluding hydrogens is 324 g/mol. The zero-order valence-electron chi connectivity index (χ0n) is 16.8. The van der Waals surface area contributed by atoms with Crippen LogP contribution in [0, 0.1) is 10.8 Å². The van der Waals surface area contributed by atoms with Gasteiger partial charge in [-0.05, 0) is 37.2 Å². The number of nitrogens with zero attached hydrogens (tertiary/aromatic N) is 1. The fraction of sp³-hybridized carbons (Fsp3) is 0.682. The predicted octanol–water partition coefficient (Wildman–Crippen LogP) is 3.39.